The first-order chi connectivity index (χ1) is 9.04. The van der Waals surface area contributed by atoms with Crippen LogP contribution in [-0.4, -0.2) is 5.91 Å². The van der Waals surface area contributed by atoms with E-state index in [9.17, 15) is 13.6 Å². The second-order valence-corrected chi connectivity index (χ2v) is 4.41. The van der Waals surface area contributed by atoms with E-state index in [1.165, 1.54) is 18.2 Å². The average molecular weight is 282 g/mol. The molecule has 2 aromatic carbocycles. The van der Waals surface area contributed by atoms with Crippen LogP contribution in [0, 0.1) is 11.6 Å². The van der Waals surface area contributed by atoms with Crippen LogP contribution in [0.15, 0.2) is 42.5 Å². The van der Waals surface area contributed by atoms with Crippen molar-refractivity contribution in [2.75, 3.05) is 0 Å². The van der Waals surface area contributed by atoms with Gasteiger partial charge in [-0.25, -0.2) is 8.78 Å². The lowest BCUT2D eigenvalue weighted by Gasteiger charge is -2.06. The SMILES string of the molecule is O=C(NCc1cc(F)cc(F)c1)c1cccc(Cl)c1. The van der Waals surface area contributed by atoms with E-state index in [0.29, 0.717) is 16.1 Å². The van der Waals surface area contributed by atoms with Gasteiger partial charge in [-0.05, 0) is 35.9 Å². The van der Waals surface area contributed by atoms with Crippen LogP contribution in [0.5, 0.6) is 0 Å². The largest absolute Gasteiger partial charge is 0.348 e. The van der Waals surface area contributed by atoms with Gasteiger partial charge < -0.3 is 5.32 Å². The zero-order chi connectivity index (χ0) is 13.8. The molecule has 0 unspecified atom stereocenters. The molecule has 2 nitrogen and oxygen atoms in total. The van der Waals surface area contributed by atoms with Gasteiger partial charge in [-0.2, -0.15) is 0 Å². The molecule has 1 N–H and O–H groups in total. The normalized spacial score (nSPS) is 10.3. The maximum Gasteiger partial charge on any atom is 0.251 e. The summed E-state index contributed by atoms with van der Waals surface area (Å²) in [7, 11) is 0. The molecule has 0 radical (unpaired) electrons. The summed E-state index contributed by atoms with van der Waals surface area (Å²) in [5, 5.41) is 3.01. The molecule has 0 heterocycles. The number of amides is 1. The monoisotopic (exact) mass is 281 g/mol. The second kappa shape index (κ2) is 5.80. The molecule has 0 saturated carbocycles. The third kappa shape index (κ3) is 3.76. The number of benzene rings is 2. The highest BCUT2D eigenvalue weighted by Crippen LogP contribution is 2.11. The van der Waals surface area contributed by atoms with Gasteiger partial charge in [-0.3, -0.25) is 4.79 Å². The van der Waals surface area contributed by atoms with E-state index in [4.69, 9.17) is 11.6 Å². The second-order valence-electron chi connectivity index (χ2n) is 3.97. The number of carbonyl (C=O) groups is 1. The quantitative estimate of drug-likeness (QED) is 0.916. The average Bonchev–Trinajstić information content (AvgIpc) is 2.35. The van der Waals surface area contributed by atoms with Gasteiger partial charge in [0.15, 0.2) is 0 Å². The molecule has 0 aliphatic rings. The van der Waals surface area contributed by atoms with Crippen molar-refractivity contribution >= 4 is 17.5 Å². The van der Waals surface area contributed by atoms with E-state index >= 15 is 0 Å². The van der Waals surface area contributed by atoms with E-state index < -0.39 is 11.6 Å². The Hall–Kier alpha value is -1.94. The summed E-state index contributed by atoms with van der Waals surface area (Å²) in [4.78, 5) is 11.8. The first-order valence-corrected chi connectivity index (χ1v) is 5.91. The predicted molar refractivity (Wildman–Crippen MR) is 69.0 cm³/mol. The molecular weight excluding hydrogens is 272 g/mol. The Morgan fingerprint density at radius 2 is 1.79 bits per heavy atom. The van der Waals surface area contributed by atoms with Crippen LogP contribution in [0.4, 0.5) is 8.78 Å². The fraction of sp³-hybridized carbons (Fsp3) is 0.0714. The molecule has 2 aromatic rings. The first kappa shape index (κ1) is 13.5. The molecule has 1 amide bonds. The molecule has 5 heteroatoms. The molecule has 0 spiro atoms. The topological polar surface area (TPSA) is 29.1 Å². The third-order valence-electron chi connectivity index (χ3n) is 2.46. The highest BCUT2D eigenvalue weighted by atomic mass is 35.5. The molecule has 0 fully saturated rings. The van der Waals surface area contributed by atoms with Crippen LogP contribution >= 0.6 is 11.6 Å². The van der Waals surface area contributed by atoms with E-state index in [2.05, 4.69) is 5.32 Å². The summed E-state index contributed by atoms with van der Waals surface area (Å²) >= 11 is 5.77. The Morgan fingerprint density at radius 3 is 2.42 bits per heavy atom. The van der Waals surface area contributed by atoms with Crippen LogP contribution in [0.3, 0.4) is 0 Å². The van der Waals surface area contributed by atoms with Gasteiger partial charge >= 0.3 is 0 Å². The van der Waals surface area contributed by atoms with Gasteiger partial charge in [0.25, 0.3) is 5.91 Å². The standard InChI is InChI=1S/C14H10ClF2NO/c15-11-3-1-2-10(6-11)14(19)18-8-9-4-12(16)7-13(17)5-9/h1-7H,8H2,(H,18,19). The number of nitrogens with one attached hydrogen (secondary N) is 1. The minimum absolute atomic E-state index is 0.0417. The summed E-state index contributed by atoms with van der Waals surface area (Å²) in [5.41, 5.74) is 0.747. The van der Waals surface area contributed by atoms with Crippen LogP contribution in [-0.2, 0) is 6.54 Å². The fourth-order valence-corrected chi connectivity index (χ4v) is 1.82. The van der Waals surface area contributed by atoms with Gasteiger partial charge in [0.1, 0.15) is 11.6 Å². The summed E-state index contributed by atoms with van der Waals surface area (Å²) in [6, 6.07) is 9.54. The van der Waals surface area contributed by atoms with E-state index in [0.717, 1.165) is 6.07 Å². The van der Waals surface area contributed by atoms with Crippen molar-refractivity contribution in [3.63, 3.8) is 0 Å². The molecule has 0 saturated heterocycles. The summed E-state index contributed by atoms with van der Waals surface area (Å²) in [6.45, 7) is 0.0417. The highest BCUT2D eigenvalue weighted by molar-refractivity contribution is 6.30. The summed E-state index contributed by atoms with van der Waals surface area (Å²) < 4.78 is 25.9. The van der Waals surface area contributed by atoms with Gasteiger partial charge in [-0.1, -0.05) is 17.7 Å². The maximum absolute atomic E-state index is 13.0. The molecule has 0 bridgehead atoms. The Bertz CT molecular complexity index is 596. The lowest BCUT2D eigenvalue weighted by Crippen LogP contribution is -2.22. The Labute approximate surface area is 114 Å². The number of hydrogen-bond donors (Lipinski definition) is 1. The van der Waals surface area contributed by atoms with Crippen molar-refractivity contribution in [1.82, 2.24) is 5.32 Å². The fourth-order valence-electron chi connectivity index (χ4n) is 1.63. The smallest absolute Gasteiger partial charge is 0.251 e. The minimum atomic E-state index is -0.674. The first-order valence-electron chi connectivity index (χ1n) is 5.53. The van der Waals surface area contributed by atoms with Crippen LogP contribution in [0.1, 0.15) is 15.9 Å². The Balaban J connectivity index is 2.04. The molecule has 98 valence electrons. The molecule has 0 aromatic heterocycles. The summed E-state index contributed by atoms with van der Waals surface area (Å²) in [5.74, 6) is -1.70. The molecular formula is C14H10ClF2NO. The summed E-state index contributed by atoms with van der Waals surface area (Å²) in [6.07, 6.45) is 0. The van der Waals surface area contributed by atoms with E-state index in [1.54, 1.807) is 18.2 Å². The number of halogens is 3. The van der Waals surface area contributed by atoms with E-state index in [1.807, 2.05) is 0 Å². The molecule has 19 heavy (non-hydrogen) atoms. The van der Waals surface area contributed by atoms with Gasteiger partial charge in [0.2, 0.25) is 0 Å². The lowest BCUT2D eigenvalue weighted by molar-refractivity contribution is 0.0951. The molecule has 0 atom stereocenters. The third-order valence-corrected chi connectivity index (χ3v) is 2.70. The Morgan fingerprint density at radius 1 is 1.11 bits per heavy atom. The van der Waals surface area contributed by atoms with Crippen molar-refractivity contribution in [2.24, 2.45) is 0 Å². The number of hydrogen-bond acceptors (Lipinski definition) is 1. The molecule has 2 rings (SSSR count). The van der Waals surface area contributed by atoms with Crippen molar-refractivity contribution in [3.8, 4) is 0 Å². The molecule has 0 aliphatic heterocycles. The van der Waals surface area contributed by atoms with Crippen molar-refractivity contribution in [1.29, 1.82) is 0 Å². The van der Waals surface area contributed by atoms with Gasteiger partial charge in [0, 0.05) is 23.2 Å². The van der Waals surface area contributed by atoms with Crippen LogP contribution in [0.2, 0.25) is 5.02 Å². The number of carbonyl (C=O) groups excluding carboxylic acids is 1. The lowest BCUT2D eigenvalue weighted by atomic mass is 10.2. The zero-order valence-electron chi connectivity index (χ0n) is 9.79. The Kier molecular flexibility index (Phi) is 4.12. The van der Waals surface area contributed by atoms with Crippen molar-refractivity contribution in [2.45, 2.75) is 6.54 Å². The maximum atomic E-state index is 13.0. The number of rotatable bonds is 3. The predicted octanol–water partition coefficient (Wildman–Crippen LogP) is 3.55. The highest BCUT2D eigenvalue weighted by Gasteiger charge is 2.06. The minimum Gasteiger partial charge on any atom is -0.348 e. The zero-order valence-corrected chi connectivity index (χ0v) is 10.5. The van der Waals surface area contributed by atoms with Crippen molar-refractivity contribution < 1.29 is 13.6 Å². The van der Waals surface area contributed by atoms with Crippen LogP contribution < -0.4 is 5.32 Å². The van der Waals surface area contributed by atoms with E-state index in [-0.39, 0.29) is 12.5 Å². The van der Waals surface area contributed by atoms with Crippen molar-refractivity contribution in [3.05, 3.63) is 70.2 Å². The van der Waals surface area contributed by atoms with Crippen LogP contribution in [0.25, 0.3) is 0 Å². The molecule has 0 aliphatic carbocycles. The van der Waals surface area contributed by atoms with Gasteiger partial charge in [0.05, 0.1) is 0 Å². The van der Waals surface area contributed by atoms with Gasteiger partial charge in [-0.15, -0.1) is 0 Å².